The predicted octanol–water partition coefficient (Wildman–Crippen LogP) is 1.27. The molecule has 1 aliphatic rings. The Hall–Kier alpha value is -3.36. The molecule has 0 bridgehead atoms. The zero-order valence-electron chi connectivity index (χ0n) is 17.8. The second kappa shape index (κ2) is 9.64. The maximum absolute atomic E-state index is 12.6. The number of carbonyl (C=O) groups excluding carboxylic acids is 2. The normalized spacial score (nSPS) is 22.6. The molecule has 1 aromatic heterocycles. The molecule has 0 N–H and O–H groups in total. The number of ether oxygens (including phenoxy) is 3. The highest BCUT2D eigenvalue weighted by atomic mass is 32.2. The van der Waals surface area contributed by atoms with E-state index >= 15 is 0 Å². The van der Waals surface area contributed by atoms with Crippen molar-refractivity contribution in [1.82, 2.24) is 9.55 Å². The Bertz CT molecular complexity index is 1140. The Labute approximate surface area is 188 Å². The number of nitrogens with zero attached hydrogens (tertiary/aromatic N) is 3. The van der Waals surface area contributed by atoms with Gasteiger partial charge in [-0.15, -0.1) is 0 Å². The number of rotatable bonds is 8. The van der Waals surface area contributed by atoms with Crippen molar-refractivity contribution < 1.29 is 41.3 Å². The van der Waals surface area contributed by atoms with Crippen molar-refractivity contribution in [1.29, 1.82) is 0 Å². The monoisotopic (exact) mass is 483 g/mol. The standard InChI is InChI=1S/C19H21N3O10S/c1-11-4-6-14(7-5-11)33(27,28)29-10-15-16(30-12(2)23)17(31-13(3)24)18(32-15)21-9-8-20-19(21)22(25)26/h4-9,15-18H,10H2,1-3H3/t15-,16-,17+,18?/m1/s1. The van der Waals surface area contributed by atoms with E-state index in [-0.39, 0.29) is 4.90 Å². The molecular formula is C19H21N3O10S. The summed E-state index contributed by atoms with van der Waals surface area (Å²) in [6, 6.07) is 5.91. The van der Waals surface area contributed by atoms with Crippen molar-refractivity contribution in [3.05, 3.63) is 52.3 Å². The summed E-state index contributed by atoms with van der Waals surface area (Å²) in [5.41, 5.74) is 0.844. The fraction of sp³-hybridized carbons (Fsp3) is 0.421. The van der Waals surface area contributed by atoms with Crippen LogP contribution in [0.1, 0.15) is 25.6 Å². The molecule has 0 aliphatic carbocycles. The number of aromatic nitrogens is 2. The summed E-state index contributed by atoms with van der Waals surface area (Å²) in [7, 11) is -4.21. The minimum absolute atomic E-state index is 0.103. The van der Waals surface area contributed by atoms with Gasteiger partial charge in [0.25, 0.3) is 10.1 Å². The van der Waals surface area contributed by atoms with E-state index < -0.39 is 64.1 Å². The van der Waals surface area contributed by atoms with Crippen LogP contribution in [0.15, 0.2) is 41.6 Å². The van der Waals surface area contributed by atoms with Gasteiger partial charge in [0, 0.05) is 13.8 Å². The lowest BCUT2D eigenvalue weighted by Crippen LogP contribution is -2.40. The summed E-state index contributed by atoms with van der Waals surface area (Å²) in [5.74, 6) is -2.16. The molecule has 1 fully saturated rings. The van der Waals surface area contributed by atoms with E-state index in [1.807, 2.05) is 0 Å². The molecule has 0 amide bonds. The van der Waals surface area contributed by atoms with Crippen molar-refractivity contribution in [3.63, 3.8) is 0 Å². The maximum atomic E-state index is 12.6. The zero-order valence-corrected chi connectivity index (χ0v) is 18.6. The van der Waals surface area contributed by atoms with E-state index in [1.54, 1.807) is 19.1 Å². The molecular weight excluding hydrogens is 462 g/mol. The van der Waals surface area contributed by atoms with Gasteiger partial charge in [-0.05, 0) is 24.0 Å². The van der Waals surface area contributed by atoms with Crippen molar-refractivity contribution in [2.45, 2.75) is 50.2 Å². The Morgan fingerprint density at radius 1 is 1.15 bits per heavy atom. The number of nitro groups is 1. The summed E-state index contributed by atoms with van der Waals surface area (Å²) >= 11 is 0. The van der Waals surface area contributed by atoms with Gasteiger partial charge in [0.2, 0.25) is 6.23 Å². The van der Waals surface area contributed by atoms with Crippen molar-refractivity contribution >= 4 is 28.0 Å². The van der Waals surface area contributed by atoms with Crippen LogP contribution in [0.25, 0.3) is 0 Å². The number of benzene rings is 1. The smallest absolute Gasteiger partial charge is 0.436 e. The number of imidazole rings is 1. The van der Waals surface area contributed by atoms with E-state index in [9.17, 15) is 28.1 Å². The highest BCUT2D eigenvalue weighted by Crippen LogP contribution is 2.36. The third kappa shape index (κ3) is 5.53. The Morgan fingerprint density at radius 2 is 1.76 bits per heavy atom. The van der Waals surface area contributed by atoms with Gasteiger partial charge in [-0.25, -0.2) is 0 Å². The first-order chi connectivity index (χ1) is 15.5. The van der Waals surface area contributed by atoms with Gasteiger partial charge in [0.15, 0.2) is 12.2 Å². The summed E-state index contributed by atoms with van der Waals surface area (Å²) < 4.78 is 47.4. The highest BCUT2D eigenvalue weighted by Gasteiger charge is 2.53. The largest absolute Gasteiger partial charge is 0.455 e. The average Bonchev–Trinajstić information content (AvgIpc) is 3.32. The maximum Gasteiger partial charge on any atom is 0.436 e. The van der Waals surface area contributed by atoms with Crippen LogP contribution in [0.4, 0.5) is 5.95 Å². The number of esters is 2. The van der Waals surface area contributed by atoms with Crippen LogP contribution in [0, 0.1) is 17.0 Å². The molecule has 1 unspecified atom stereocenters. The first kappa shape index (κ1) is 24.3. The van der Waals surface area contributed by atoms with Crippen LogP contribution >= 0.6 is 0 Å². The van der Waals surface area contributed by atoms with Crippen LogP contribution < -0.4 is 0 Å². The van der Waals surface area contributed by atoms with E-state index in [2.05, 4.69) is 4.98 Å². The first-order valence-electron chi connectivity index (χ1n) is 9.63. The van der Waals surface area contributed by atoms with Gasteiger partial charge in [0.05, 0.1) is 11.5 Å². The predicted molar refractivity (Wildman–Crippen MR) is 108 cm³/mol. The van der Waals surface area contributed by atoms with Gasteiger partial charge in [-0.3, -0.25) is 13.8 Å². The summed E-state index contributed by atoms with van der Waals surface area (Å²) in [6.07, 6.45) is -2.88. The van der Waals surface area contributed by atoms with Gasteiger partial charge >= 0.3 is 17.9 Å². The van der Waals surface area contributed by atoms with Gasteiger partial charge in [-0.1, -0.05) is 22.7 Å². The van der Waals surface area contributed by atoms with Crippen molar-refractivity contribution in [3.8, 4) is 0 Å². The van der Waals surface area contributed by atoms with Gasteiger partial charge in [0.1, 0.15) is 18.5 Å². The van der Waals surface area contributed by atoms with Crippen molar-refractivity contribution in [2.24, 2.45) is 0 Å². The summed E-state index contributed by atoms with van der Waals surface area (Å²) in [5, 5.41) is 11.3. The van der Waals surface area contributed by atoms with E-state index in [0.717, 1.165) is 30.2 Å². The van der Waals surface area contributed by atoms with Gasteiger partial charge < -0.3 is 24.3 Å². The summed E-state index contributed by atoms with van der Waals surface area (Å²) in [4.78, 5) is 37.5. The molecule has 1 saturated heterocycles. The zero-order chi connectivity index (χ0) is 24.3. The summed E-state index contributed by atoms with van der Waals surface area (Å²) in [6.45, 7) is 3.36. The number of hydrogen-bond donors (Lipinski definition) is 0. The molecule has 1 aromatic carbocycles. The second-order valence-electron chi connectivity index (χ2n) is 7.16. The highest BCUT2D eigenvalue weighted by molar-refractivity contribution is 7.86. The molecule has 178 valence electrons. The van der Waals surface area contributed by atoms with E-state index in [1.165, 1.54) is 18.3 Å². The van der Waals surface area contributed by atoms with Crippen LogP contribution in [0.2, 0.25) is 0 Å². The Morgan fingerprint density at radius 3 is 2.33 bits per heavy atom. The molecule has 14 heteroatoms. The lowest BCUT2D eigenvalue weighted by atomic mass is 10.1. The Kier molecular flexibility index (Phi) is 7.09. The minimum atomic E-state index is -4.21. The quantitative estimate of drug-likeness (QED) is 0.229. The molecule has 2 aromatic rings. The molecule has 3 rings (SSSR count). The molecule has 13 nitrogen and oxygen atoms in total. The number of carbonyl (C=O) groups is 2. The van der Waals surface area contributed by atoms with Crippen LogP contribution in [-0.2, 0) is 38.1 Å². The topological polar surface area (TPSA) is 166 Å². The molecule has 4 atom stereocenters. The first-order valence-corrected chi connectivity index (χ1v) is 11.0. The van der Waals surface area contributed by atoms with E-state index in [0.29, 0.717) is 0 Å². The molecule has 2 heterocycles. The molecule has 1 aliphatic heterocycles. The molecule has 33 heavy (non-hydrogen) atoms. The third-order valence-electron chi connectivity index (χ3n) is 4.67. The van der Waals surface area contributed by atoms with Crippen molar-refractivity contribution in [2.75, 3.05) is 6.61 Å². The molecule has 0 radical (unpaired) electrons. The fourth-order valence-corrected chi connectivity index (χ4v) is 4.21. The lowest BCUT2D eigenvalue weighted by Gasteiger charge is -2.22. The van der Waals surface area contributed by atoms with E-state index in [4.69, 9.17) is 18.4 Å². The fourth-order valence-electron chi connectivity index (χ4n) is 3.29. The molecule has 0 saturated carbocycles. The molecule has 0 spiro atoms. The van der Waals surface area contributed by atoms with Gasteiger partial charge in [-0.2, -0.15) is 13.0 Å². The number of hydrogen-bond acceptors (Lipinski definition) is 11. The third-order valence-corrected chi connectivity index (χ3v) is 5.97. The average molecular weight is 483 g/mol. The van der Waals surface area contributed by atoms with Crippen LogP contribution in [0.5, 0.6) is 0 Å². The second-order valence-corrected chi connectivity index (χ2v) is 8.77. The lowest BCUT2D eigenvalue weighted by molar-refractivity contribution is -0.398. The number of aryl methyl sites for hydroxylation is 1. The SMILES string of the molecule is CC(=O)O[C@H]1[C@H](OC(C)=O)C(n2ccnc2[N+](=O)[O-])O[C@@H]1COS(=O)(=O)c1ccc(C)cc1. The van der Waals surface area contributed by atoms with Crippen LogP contribution in [0.3, 0.4) is 0 Å². The van der Waals surface area contributed by atoms with Crippen LogP contribution in [-0.4, -0.2) is 59.7 Å². The Balaban J connectivity index is 1.91. The minimum Gasteiger partial charge on any atom is -0.455 e.